The molecule has 0 radical (unpaired) electrons. The van der Waals surface area contributed by atoms with Gasteiger partial charge < -0.3 is 20.1 Å². The average Bonchev–Trinajstić information content (AvgIpc) is 3.36. The minimum atomic E-state index is -0.0223. The summed E-state index contributed by atoms with van der Waals surface area (Å²) < 4.78 is 11.8. The van der Waals surface area contributed by atoms with E-state index < -0.39 is 0 Å². The molecular weight excluding hydrogens is 366 g/mol. The minimum absolute atomic E-state index is 0.0223. The number of amides is 1. The monoisotopic (exact) mass is 391 g/mol. The summed E-state index contributed by atoms with van der Waals surface area (Å²) >= 11 is 0. The van der Waals surface area contributed by atoms with Crippen molar-refractivity contribution in [3.8, 4) is 17.6 Å². The van der Waals surface area contributed by atoms with Crippen molar-refractivity contribution in [2.24, 2.45) is 0 Å². The molecule has 0 unspecified atom stereocenters. The second kappa shape index (κ2) is 8.44. The van der Waals surface area contributed by atoms with Crippen molar-refractivity contribution >= 4 is 17.3 Å². The highest BCUT2D eigenvalue weighted by atomic mass is 16.5. The Kier molecular flexibility index (Phi) is 5.57. The molecule has 2 aromatic carbocycles. The van der Waals surface area contributed by atoms with Crippen LogP contribution in [0, 0.1) is 11.3 Å². The Morgan fingerprint density at radius 2 is 1.97 bits per heavy atom. The van der Waals surface area contributed by atoms with Gasteiger partial charge in [0, 0.05) is 30.3 Å². The first-order valence-electron chi connectivity index (χ1n) is 10.1. The molecule has 6 heteroatoms. The Morgan fingerprint density at radius 1 is 1.14 bits per heavy atom. The van der Waals surface area contributed by atoms with Gasteiger partial charge in [-0.15, -0.1) is 0 Å². The van der Waals surface area contributed by atoms with Crippen LogP contribution in [0.2, 0.25) is 0 Å². The van der Waals surface area contributed by atoms with Gasteiger partial charge in [0.2, 0.25) is 5.91 Å². The van der Waals surface area contributed by atoms with Gasteiger partial charge >= 0.3 is 0 Å². The molecule has 150 valence electrons. The highest BCUT2D eigenvalue weighted by Gasteiger charge is 2.32. The zero-order valence-corrected chi connectivity index (χ0v) is 16.3. The van der Waals surface area contributed by atoms with Gasteiger partial charge in [-0.3, -0.25) is 4.79 Å². The van der Waals surface area contributed by atoms with Crippen LogP contribution in [0.5, 0.6) is 11.5 Å². The summed E-state index contributed by atoms with van der Waals surface area (Å²) in [6, 6.07) is 15.2. The molecule has 6 nitrogen and oxygen atoms in total. The molecule has 1 saturated carbocycles. The lowest BCUT2D eigenvalue weighted by molar-refractivity contribution is -0.117. The number of carbonyl (C=O) groups excluding carboxylic acids is 1. The molecule has 1 aliphatic heterocycles. The first-order chi connectivity index (χ1) is 14.1. The normalized spacial score (nSPS) is 19.3. The fourth-order valence-electron chi connectivity index (χ4n) is 4.16. The van der Waals surface area contributed by atoms with E-state index in [1.54, 1.807) is 4.90 Å². The van der Waals surface area contributed by atoms with E-state index in [2.05, 4.69) is 0 Å². The van der Waals surface area contributed by atoms with E-state index >= 15 is 0 Å². The van der Waals surface area contributed by atoms with E-state index in [1.807, 2.05) is 48.5 Å². The standard InChI is InChI=1S/C23H25N3O3/c24-10-11-28-21-9-8-16(12-22(21)29-20-6-1-2-7-20)17-13-23(27)26(15-17)19-5-3-4-18(25)14-19/h3-5,8-9,12,14,17,20H,1-2,6-7,11,13,15,25H2/t17-/m1/s1. The number of nitriles is 1. The number of hydrogen-bond donors (Lipinski definition) is 1. The van der Waals surface area contributed by atoms with Crippen LogP contribution in [-0.2, 0) is 4.79 Å². The summed E-state index contributed by atoms with van der Waals surface area (Å²) in [6.07, 6.45) is 5.04. The smallest absolute Gasteiger partial charge is 0.227 e. The van der Waals surface area contributed by atoms with Gasteiger partial charge in [-0.05, 0) is 61.6 Å². The first-order valence-corrected chi connectivity index (χ1v) is 10.1. The number of nitrogens with two attached hydrogens (primary N) is 1. The van der Waals surface area contributed by atoms with Gasteiger partial charge in [0.1, 0.15) is 6.07 Å². The Bertz CT molecular complexity index is 931. The molecule has 1 heterocycles. The molecule has 2 N–H and O–H groups in total. The maximum atomic E-state index is 12.6. The van der Waals surface area contributed by atoms with Crippen molar-refractivity contribution < 1.29 is 14.3 Å². The van der Waals surface area contributed by atoms with Crippen LogP contribution >= 0.6 is 0 Å². The third-order valence-corrected chi connectivity index (χ3v) is 5.63. The summed E-state index contributed by atoms with van der Waals surface area (Å²) in [5.74, 6) is 1.40. The summed E-state index contributed by atoms with van der Waals surface area (Å²) in [7, 11) is 0. The number of anilines is 2. The Labute approximate surface area is 170 Å². The van der Waals surface area contributed by atoms with Gasteiger partial charge in [-0.25, -0.2) is 0 Å². The maximum Gasteiger partial charge on any atom is 0.227 e. The van der Waals surface area contributed by atoms with Crippen LogP contribution in [0.1, 0.15) is 43.6 Å². The minimum Gasteiger partial charge on any atom is -0.487 e. The number of nitrogen functional groups attached to an aromatic ring is 1. The van der Waals surface area contributed by atoms with Crippen molar-refractivity contribution in [2.75, 3.05) is 23.8 Å². The van der Waals surface area contributed by atoms with E-state index in [0.717, 1.165) is 24.1 Å². The zero-order chi connectivity index (χ0) is 20.2. The molecule has 1 amide bonds. The molecular formula is C23H25N3O3. The number of rotatable bonds is 6. The molecule has 0 aromatic heterocycles. The molecule has 1 saturated heterocycles. The number of benzene rings is 2. The van der Waals surface area contributed by atoms with Crippen LogP contribution in [0.4, 0.5) is 11.4 Å². The number of carbonyl (C=O) groups is 1. The van der Waals surface area contributed by atoms with E-state index in [0.29, 0.717) is 30.2 Å². The van der Waals surface area contributed by atoms with Crippen LogP contribution in [0.25, 0.3) is 0 Å². The van der Waals surface area contributed by atoms with E-state index in [9.17, 15) is 4.79 Å². The quantitative estimate of drug-likeness (QED) is 0.752. The van der Waals surface area contributed by atoms with Crippen LogP contribution in [0.3, 0.4) is 0 Å². The molecule has 0 spiro atoms. The highest BCUT2D eigenvalue weighted by molar-refractivity contribution is 5.96. The molecule has 4 rings (SSSR count). The topological polar surface area (TPSA) is 88.6 Å². The van der Waals surface area contributed by atoms with Gasteiger partial charge in [-0.1, -0.05) is 12.1 Å². The lowest BCUT2D eigenvalue weighted by Gasteiger charge is -2.20. The SMILES string of the molecule is N#CCOc1ccc([C@@H]2CC(=O)N(c3cccc(N)c3)C2)cc1OC1CCCC1. The largest absolute Gasteiger partial charge is 0.487 e. The molecule has 0 bridgehead atoms. The second-order valence-corrected chi connectivity index (χ2v) is 7.68. The predicted molar refractivity (Wildman–Crippen MR) is 111 cm³/mol. The lowest BCUT2D eigenvalue weighted by atomic mass is 9.98. The van der Waals surface area contributed by atoms with Crippen molar-refractivity contribution in [2.45, 2.75) is 44.1 Å². The van der Waals surface area contributed by atoms with Crippen molar-refractivity contribution in [1.29, 1.82) is 5.26 Å². The lowest BCUT2D eigenvalue weighted by Crippen LogP contribution is -2.24. The van der Waals surface area contributed by atoms with Crippen molar-refractivity contribution in [3.63, 3.8) is 0 Å². The fraction of sp³-hybridized carbons (Fsp3) is 0.391. The van der Waals surface area contributed by atoms with Crippen LogP contribution < -0.4 is 20.1 Å². The molecule has 2 aromatic rings. The van der Waals surface area contributed by atoms with Gasteiger partial charge in [-0.2, -0.15) is 5.26 Å². The van der Waals surface area contributed by atoms with E-state index in [-0.39, 0.29) is 24.5 Å². The summed E-state index contributed by atoms with van der Waals surface area (Å²) in [6.45, 7) is 0.578. The summed E-state index contributed by atoms with van der Waals surface area (Å²) in [4.78, 5) is 14.4. The summed E-state index contributed by atoms with van der Waals surface area (Å²) in [5, 5.41) is 8.85. The van der Waals surface area contributed by atoms with Crippen molar-refractivity contribution in [3.05, 3.63) is 48.0 Å². The number of nitrogens with zero attached hydrogens (tertiary/aromatic N) is 2. The highest BCUT2D eigenvalue weighted by Crippen LogP contribution is 2.38. The van der Waals surface area contributed by atoms with E-state index in [4.69, 9.17) is 20.5 Å². The Morgan fingerprint density at radius 3 is 2.72 bits per heavy atom. The maximum absolute atomic E-state index is 12.6. The zero-order valence-electron chi connectivity index (χ0n) is 16.3. The fourth-order valence-corrected chi connectivity index (χ4v) is 4.16. The Hall–Kier alpha value is -3.20. The molecule has 1 aliphatic carbocycles. The van der Waals surface area contributed by atoms with Crippen molar-refractivity contribution in [1.82, 2.24) is 0 Å². The van der Waals surface area contributed by atoms with Crippen LogP contribution in [0.15, 0.2) is 42.5 Å². The molecule has 2 fully saturated rings. The van der Waals surface area contributed by atoms with Gasteiger partial charge in [0.25, 0.3) is 0 Å². The van der Waals surface area contributed by atoms with Gasteiger partial charge in [0.15, 0.2) is 18.1 Å². The average molecular weight is 391 g/mol. The number of ether oxygens (including phenoxy) is 2. The third kappa shape index (κ3) is 4.29. The van der Waals surface area contributed by atoms with Gasteiger partial charge in [0.05, 0.1) is 6.10 Å². The Balaban J connectivity index is 1.56. The molecule has 1 atom stereocenters. The second-order valence-electron chi connectivity index (χ2n) is 7.68. The summed E-state index contributed by atoms with van der Waals surface area (Å²) in [5.41, 5.74) is 8.40. The third-order valence-electron chi connectivity index (χ3n) is 5.63. The van der Waals surface area contributed by atoms with E-state index in [1.165, 1.54) is 12.8 Å². The molecule has 29 heavy (non-hydrogen) atoms. The van der Waals surface area contributed by atoms with Crippen LogP contribution in [-0.4, -0.2) is 25.2 Å². The first kappa shape index (κ1) is 19.1. The molecule has 2 aliphatic rings. The number of hydrogen-bond acceptors (Lipinski definition) is 5. The predicted octanol–water partition coefficient (Wildman–Crippen LogP) is 4.01.